The van der Waals surface area contributed by atoms with Crippen molar-refractivity contribution in [1.82, 2.24) is 9.97 Å². The Morgan fingerprint density at radius 3 is 2.80 bits per heavy atom. The van der Waals surface area contributed by atoms with Gasteiger partial charge >= 0.3 is 0 Å². The van der Waals surface area contributed by atoms with Crippen LogP contribution in [-0.4, -0.2) is 24.1 Å². The van der Waals surface area contributed by atoms with Crippen molar-refractivity contribution < 1.29 is 4.74 Å². The first-order chi connectivity index (χ1) is 9.80. The molecule has 0 spiro atoms. The summed E-state index contributed by atoms with van der Waals surface area (Å²) in [6.07, 6.45) is 2.60. The quantitative estimate of drug-likeness (QED) is 0.905. The summed E-state index contributed by atoms with van der Waals surface area (Å²) in [6, 6.07) is 10.5. The lowest BCUT2D eigenvalue weighted by Crippen LogP contribution is -2.02. The van der Waals surface area contributed by atoms with Crippen LogP contribution in [0.5, 0.6) is 0 Å². The highest BCUT2D eigenvalue weighted by Crippen LogP contribution is 2.40. The molecule has 2 aromatic rings. The molecule has 1 aromatic carbocycles. The van der Waals surface area contributed by atoms with Crippen molar-refractivity contribution in [3.8, 4) is 11.4 Å². The summed E-state index contributed by atoms with van der Waals surface area (Å²) in [6.45, 7) is 0.493. The molecule has 4 nitrogen and oxygen atoms in total. The maximum atomic E-state index is 5.17. The zero-order chi connectivity index (χ0) is 13.9. The lowest BCUT2D eigenvalue weighted by Gasteiger charge is -2.08. The number of methoxy groups -OCH3 is 1. The standard InChI is InChI=1S/C16H19N3O/c1-17-15-9-14(10-20-2)18-16(19-15)13-5-3-4-12(8-13)11-6-7-11/h3-5,8-9,11H,6-7,10H2,1-2H3,(H,17,18,19). The van der Waals surface area contributed by atoms with E-state index in [9.17, 15) is 0 Å². The van der Waals surface area contributed by atoms with Gasteiger partial charge in [0.25, 0.3) is 0 Å². The van der Waals surface area contributed by atoms with Crippen LogP contribution in [0, 0.1) is 0 Å². The highest BCUT2D eigenvalue weighted by atomic mass is 16.5. The molecular weight excluding hydrogens is 250 g/mol. The Hall–Kier alpha value is -1.94. The van der Waals surface area contributed by atoms with E-state index in [1.54, 1.807) is 7.11 Å². The van der Waals surface area contributed by atoms with Crippen molar-refractivity contribution in [1.29, 1.82) is 0 Å². The van der Waals surface area contributed by atoms with Crippen LogP contribution in [0.1, 0.15) is 30.0 Å². The molecule has 1 aliphatic carbocycles. The highest BCUT2D eigenvalue weighted by molar-refractivity contribution is 5.59. The fraction of sp³-hybridized carbons (Fsp3) is 0.375. The average molecular weight is 269 g/mol. The SMILES string of the molecule is CNc1cc(COC)nc(-c2cccc(C3CC3)c2)n1. The fourth-order valence-corrected chi connectivity index (χ4v) is 2.32. The van der Waals surface area contributed by atoms with Crippen molar-refractivity contribution >= 4 is 5.82 Å². The number of hydrogen-bond acceptors (Lipinski definition) is 4. The van der Waals surface area contributed by atoms with E-state index < -0.39 is 0 Å². The number of nitrogens with zero attached hydrogens (tertiary/aromatic N) is 2. The van der Waals surface area contributed by atoms with Gasteiger partial charge in [-0.25, -0.2) is 9.97 Å². The zero-order valence-electron chi connectivity index (χ0n) is 11.9. The van der Waals surface area contributed by atoms with Crippen LogP contribution >= 0.6 is 0 Å². The monoisotopic (exact) mass is 269 g/mol. The topological polar surface area (TPSA) is 47.0 Å². The molecule has 3 rings (SSSR count). The van der Waals surface area contributed by atoms with Crippen molar-refractivity contribution in [2.24, 2.45) is 0 Å². The van der Waals surface area contributed by atoms with Gasteiger partial charge in [0.15, 0.2) is 5.82 Å². The minimum absolute atomic E-state index is 0.493. The van der Waals surface area contributed by atoms with Crippen molar-refractivity contribution in [2.75, 3.05) is 19.5 Å². The Kier molecular flexibility index (Phi) is 3.65. The fourth-order valence-electron chi connectivity index (χ4n) is 2.32. The van der Waals surface area contributed by atoms with E-state index in [4.69, 9.17) is 4.74 Å². The van der Waals surface area contributed by atoms with E-state index in [0.29, 0.717) is 6.61 Å². The van der Waals surface area contributed by atoms with E-state index in [1.165, 1.54) is 18.4 Å². The van der Waals surface area contributed by atoms with Gasteiger partial charge in [0.2, 0.25) is 0 Å². The molecule has 1 saturated carbocycles. The van der Waals surface area contributed by atoms with Crippen LogP contribution in [0.3, 0.4) is 0 Å². The van der Waals surface area contributed by atoms with E-state index in [-0.39, 0.29) is 0 Å². The Morgan fingerprint density at radius 1 is 1.25 bits per heavy atom. The minimum Gasteiger partial charge on any atom is -0.378 e. The number of benzene rings is 1. The molecule has 0 bridgehead atoms. The number of anilines is 1. The molecule has 0 radical (unpaired) electrons. The molecular formula is C16H19N3O. The summed E-state index contributed by atoms with van der Waals surface area (Å²) in [5.74, 6) is 2.31. The Morgan fingerprint density at radius 2 is 2.10 bits per heavy atom. The second-order valence-electron chi connectivity index (χ2n) is 5.15. The predicted octanol–water partition coefficient (Wildman–Crippen LogP) is 3.21. The van der Waals surface area contributed by atoms with E-state index in [1.807, 2.05) is 13.1 Å². The molecule has 1 heterocycles. The van der Waals surface area contributed by atoms with Crippen LogP contribution in [0.2, 0.25) is 0 Å². The molecule has 20 heavy (non-hydrogen) atoms. The molecule has 4 heteroatoms. The average Bonchev–Trinajstić information content (AvgIpc) is 3.32. The van der Waals surface area contributed by atoms with Crippen LogP contribution < -0.4 is 5.32 Å². The van der Waals surface area contributed by atoms with Gasteiger partial charge in [-0.3, -0.25) is 0 Å². The van der Waals surface area contributed by atoms with Crippen LogP contribution in [0.15, 0.2) is 30.3 Å². The minimum atomic E-state index is 0.493. The van der Waals surface area contributed by atoms with Crippen molar-refractivity contribution in [3.05, 3.63) is 41.6 Å². The predicted molar refractivity (Wildman–Crippen MR) is 79.7 cm³/mol. The number of hydrogen-bond donors (Lipinski definition) is 1. The Balaban J connectivity index is 1.99. The summed E-state index contributed by atoms with van der Waals surface area (Å²) >= 11 is 0. The van der Waals surface area contributed by atoms with Gasteiger partial charge in [-0.1, -0.05) is 18.2 Å². The summed E-state index contributed by atoms with van der Waals surface area (Å²) in [5, 5.41) is 3.08. The summed E-state index contributed by atoms with van der Waals surface area (Å²) < 4.78 is 5.17. The maximum absolute atomic E-state index is 5.17. The molecule has 1 N–H and O–H groups in total. The van der Waals surface area contributed by atoms with Crippen LogP contribution in [-0.2, 0) is 11.3 Å². The van der Waals surface area contributed by atoms with Gasteiger partial charge in [0, 0.05) is 25.8 Å². The third-order valence-electron chi connectivity index (χ3n) is 3.52. The first-order valence-electron chi connectivity index (χ1n) is 6.95. The summed E-state index contributed by atoms with van der Waals surface area (Å²) in [4.78, 5) is 9.13. The summed E-state index contributed by atoms with van der Waals surface area (Å²) in [7, 11) is 3.54. The van der Waals surface area contributed by atoms with Gasteiger partial charge in [-0.15, -0.1) is 0 Å². The molecule has 104 valence electrons. The molecule has 0 unspecified atom stereocenters. The Bertz CT molecular complexity index is 608. The number of rotatable bonds is 5. The molecule has 0 aliphatic heterocycles. The lowest BCUT2D eigenvalue weighted by molar-refractivity contribution is 0.181. The molecule has 1 fully saturated rings. The van der Waals surface area contributed by atoms with Crippen LogP contribution in [0.25, 0.3) is 11.4 Å². The largest absolute Gasteiger partial charge is 0.378 e. The normalized spacial score (nSPS) is 14.3. The molecule has 0 saturated heterocycles. The van der Waals surface area contributed by atoms with E-state index in [2.05, 4.69) is 39.6 Å². The number of aromatic nitrogens is 2. The lowest BCUT2D eigenvalue weighted by atomic mass is 10.1. The number of ether oxygens (including phenoxy) is 1. The van der Waals surface area contributed by atoms with Gasteiger partial charge in [0.05, 0.1) is 12.3 Å². The first-order valence-corrected chi connectivity index (χ1v) is 6.95. The van der Waals surface area contributed by atoms with Gasteiger partial charge in [-0.05, 0) is 30.4 Å². The second-order valence-corrected chi connectivity index (χ2v) is 5.15. The smallest absolute Gasteiger partial charge is 0.161 e. The van der Waals surface area contributed by atoms with Gasteiger partial charge < -0.3 is 10.1 Å². The first kappa shape index (κ1) is 13.1. The van der Waals surface area contributed by atoms with Crippen LogP contribution in [0.4, 0.5) is 5.82 Å². The Labute approximate surface area is 119 Å². The van der Waals surface area contributed by atoms with E-state index >= 15 is 0 Å². The molecule has 0 amide bonds. The van der Waals surface area contributed by atoms with Gasteiger partial charge in [-0.2, -0.15) is 0 Å². The maximum Gasteiger partial charge on any atom is 0.161 e. The third-order valence-corrected chi connectivity index (χ3v) is 3.52. The molecule has 0 atom stereocenters. The van der Waals surface area contributed by atoms with E-state index in [0.717, 1.165) is 28.8 Å². The second kappa shape index (κ2) is 5.59. The number of nitrogens with one attached hydrogen (secondary N) is 1. The third kappa shape index (κ3) is 2.80. The molecule has 1 aliphatic rings. The van der Waals surface area contributed by atoms with Crippen molar-refractivity contribution in [3.63, 3.8) is 0 Å². The van der Waals surface area contributed by atoms with Gasteiger partial charge in [0.1, 0.15) is 5.82 Å². The highest BCUT2D eigenvalue weighted by Gasteiger charge is 2.23. The summed E-state index contributed by atoms with van der Waals surface area (Å²) in [5.41, 5.74) is 3.36. The molecule has 1 aromatic heterocycles. The van der Waals surface area contributed by atoms with Crippen molar-refractivity contribution in [2.45, 2.75) is 25.4 Å². The zero-order valence-corrected chi connectivity index (χ0v) is 11.9.